The highest BCUT2D eigenvalue weighted by Crippen LogP contribution is 2.42. The summed E-state index contributed by atoms with van der Waals surface area (Å²) in [4.78, 5) is 12.6. The van der Waals surface area contributed by atoms with Gasteiger partial charge in [-0.1, -0.05) is 6.92 Å². The fourth-order valence-electron chi connectivity index (χ4n) is 2.83. The van der Waals surface area contributed by atoms with Crippen molar-refractivity contribution in [2.45, 2.75) is 65.6 Å². The van der Waals surface area contributed by atoms with Gasteiger partial charge in [-0.25, -0.2) is 0 Å². The zero-order chi connectivity index (χ0) is 17.2. The lowest BCUT2D eigenvalue weighted by Crippen LogP contribution is -2.44. The second-order valence-electron chi connectivity index (χ2n) is 6.82. The van der Waals surface area contributed by atoms with E-state index in [0.717, 1.165) is 41.8 Å². The number of rotatable bonds is 7. The predicted octanol–water partition coefficient (Wildman–Crippen LogP) is 4.23. The van der Waals surface area contributed by atoms with Crippen molar-refractivity contribution < 1.29 is 14.3 Å². The van der Waals surface area contributed by atoms with Crippen LogP contribution in [0, 0.1) is 19.8 Å². The summed E-state index contributed by atoms with van der Waals surface area (Å²) >= 11 is 0. The number of aryl methyl sites for hydroxylation is 2. The summed E-state index contributed by atoms with van der Waals surface area (Å²) in [6.45, 7) is 10.1. The van der Waals surface area contributed by atoms with Crippen molar-refractivity contribution in [2.75, 3.05) is 12.4 Å². The number of anilines is 1. The van der Waals surface area contributed by atoms with E-state index in [4.69, 9.17) is 9.47 Å². The molecule has 23 heavy (non-hydrogen) atoms. The van der Waals surface area contributed by atoms with Crippen LogP contribution in [0.15, 0.2) is 12.1 Å². The molecule has 2 atom stereocenters. The number of hydrogen-bond donors (Lipinski definition) is 1. The molecule has 0 spiro atoms. The normalized spacial score (nSPS) is 18.2. The van der Waals surface area contributed by atoms with Crippen LogP contribution in [0.25, 0.3) is 0 Å². The van der Waals surface area contributed by atoms with Crippen molar-refractivity contribution in [1.29, 1.82) is 0 Å². The van der Waals surface area contributed by atoms with Gasteiger partial charge >= 0.3 is 0 Å². The lowest BCUT2D eigenvalue weighted by molar-refractivity contribution is -0.138. The third-order valence-electron chi connectivity index (χ3n) is 4.84. The quantitative estimate of drug-likeness (QED) is 0.818. The molecular formula is C19H29NO3. The lowest BCUT2D eigenvalue weighted by atomic mass is 9.98. The smallest absolute Gasteiger partial charge is 0.256 e. The number of hydrogen-bond acceptors (Lipinski definition) is 3. The van der Waals surface area contributed by atoms with Gasteiger partial charge in [0.1, 0.15) is 11.4 Å². The third-order valence-corrected chi connectivity index (χ3v) is 4.84. The molecule has 0 heterocycles. The Kier molecular flexibility index (Phi) is 5.35. The van der Waals surface area contributed by atoms with Crippen LogP contribution in [-0.2, 0) is 9.53 Å². The molecule has 0 saturated heterocycles. The summed E-state index contributed by atoms with van der Waals surface area (Å²) in [7, 11) is 1.61. The highest BCUT2D eigenvalue weighted by atomic mass is 16.5. The van der Waals surface area contributed by atoms with Crippen LogP contribution in [0.1, 0.15) is 51.2 Å². The molecule has 1 fully saturated rings. The van der Waals surface area contributed by atoms with E-state index in [2.05, 4.69) is 19.2 Å². The van der Waals surface area contributed by atoms with Gasteiger partial charge < -0.3 is 14.8 Å². The topological polar surface area (TPSA) is 47.6 Å². The largest absolute Gasteiger partial charge is 0.490 e. The average molecular weight is 319 g/mol. The molecule has 128 valence electrons. The SMILES string of the molecule is CC[C@H](C)Oc1c(C)cc(NC(=O)[C@@](C)(OC)C2CC2)cc1C. The number of carbonyl (C=O) groups is 1. The Morgan fingerprint density at radius 3 is 2.35 bits per heavy atom. The summed E-state index contributed by atoms with van der Waals surface area (Å²) in [6, 6.07) is 3.93. The zero-order valence-electron chi connectivity index (χ0n) is 15.2. The second kappa shape index (κ2) is 6.91. The number of nitrogens with one attached hydrogen (secondary N) is 1. The van der Waals surface area contributed by atoms with Crippen LogP contribution in [0.5, 0.6) is 5.75 Å². The molecule has 1 N–H and O–H groups in total. The maximum absolute atomic E-state index is 12.6. The molecule has 4 heteroatoms. The first-order valence-corrected chi connectivity index (χ1v) is 8.46. The van der Waals surface area contributed by atoms with Crippen LogP contribution in [-0.4, -0.2) is 24.7 Å². The molecule has 0 aromatic heterocycles. The molecule has 1 saturated carbocycles. The summed E-state index contributed by atoms with van der Waals surface area (Å²) in [5.41, 5.74) is 2.12. The number of amides is 1. The van der Waals surface area contributed by atoms with E-state index in [1.165, 1.54) is 0 Å². The molecule has 0 aliphatic heterocycles. The molecule has 1 aromatic rings. The first-order chi connectivity index (χ1) is 10.8. The molecule has 1 aliphatic rings. The standard InChI is InChI=1S/C19H29NO3/c1-7-14(4)23-17-12(2)10-16(11-13(17)3)20-18(21)19(5,22-6)15-8-9-15/h10-11,14-15H,7-9H2,1-6H3,(H,20,21)/t14-,19-/m0/s1. The third kappa shape index (κ3) is 3.86. The van der Waals surface area contributed by atoms with Gasteiger partial charge in [0.2, 0.25) is 0 Å². The molecule has 2 rings (SSSR count). The van der Waals surface area contributed by atoms with Gasteiger partial charge in [-0.15, -0.1) is 0 Å². The fraction of sp³-hybridized carbons (Fsp3) is 0.632. The van der Waals surface area contributed by atoms with E-state index < -0.39 is 5.60 Å². The van der Waals surface area contributed by atoms with Gasteiger partial charge in [0, 0.05) is 12.8 Å². The maximum Gasteiger partial charge on any atom is 0.256 e. The average Bonchev–Trinajstić information content (AvgIpc) is 3.34. The van der Waals surface area contributed by atoms with Gasteiger partial charge in [0.15, 0.2) is 0 Å². The van der Waals surface area contributed by atoms with E-state index in [9.17, 15) is 4.79 Å². The van der Waals surface area contributed by atoms with Gasteiger partial charge in [-0.05, 0) is 76.1 Å². The van der Waals surface area contributed by atoms with Crippen molar-refractivity contribution >= 4 is 11.6 Å². The van der Waals surface area contributed by atoms with Gasteiger partial charge in [0.05, 0.1) is 6.10 Å². The first-order valence-electron chi connectivity index (χ1n) is 8.46. The van der Waals surface area contributed by atoms with Crippen LogP contribution >= 0.6 is 0 Å². The minimum atomic E-state index is -0.742. The van der Waals surface area contributed by atoms with Crippen LogP contribution in [0.2, 0.25) is 0 Å². The molecule has 0 radical (unpaired) electrons. The van der Waals surface area contributed by atoms with Crippen LogP contribution < -0.4 is 10.1 Å². The van der Waals surface area contributed by atoms with E-state index in [0.29, 0.717) is 5.92 Å². The van der Waals surface area contributed by atoms with Crippen LogP contribution in [0.4, 0.5) is 5.69 Å². The number of carbonyl (C=O) groups excluding carboxylic acids is 1. The van der Waals surface area contributed by atoms with Gasteiger partial charge in [0.25, 0.3) is 5.91 Å². The first kappa shape index (κ1) is 17.8. The Labute approximate surface area is 139 Å². The van der Waals surface area contributed by atoms with Crippen LogP contribution in [0.3, 0.4) is 0 Å². The minimum Gasteiger partial charge on any atom is -0.490 e. The molecule has 1 amide bonds. The Morgan fingerprint density at radius 2 is 1.91 bits per heavy atom. The molecule has 1 aromatic carbocycles. The minimum absolute atomic E-state index is 0.0723. The molecule has 1 aliphatic carbocycles. The summed E-state index contributed by atoms with van der Waals surface area (Å²) < 4.78 is 11.5. The molecule has 0 bridgehead atoms. The van der Waals surface area contributed by atoms with E-state index in [1.807, 2.05) is 32.9 Å². The molecule has 4 nitrogen and oxygen atoms in total. The Bertz CT molecular complexity index is 557. The Balaban J connectivity index is 2.16. The van der Waals surface area contributed by atoms with Crippen molar-refractivity contribution in [3.8, 4) is 5.75 Å². The monoisotopic (exact) mass is 319 g/mol. The fourth-order valence-corrected chi connectivity index (χ4v) is 2.83. The predicted molar refractivity (Wildman–Crippen MR) is 93.1 cm³/mol. The summed E-state index contributed by atoms with van der Waals surface area (Å²) in [6.07, 6.45) is 3.25. The molecule has 0 unspecified atom stereocenters. The Morgan fingerprint density at radius 1 is 1.35 bits per heavy atom. The highest BCUT2D eigenvalue weighted by Gasteiger charge is 2.47. The van der Waals surface area contributed by atoms with Crippen molar-refractivity contribution in [1.82, 2.24) is 0 Å². The van der Waals surface area contributed by atoms with Crippen molar-refractivity contribution in [2.24, 2.45) is 5.92 Å². The number of benzene rings is 1. The summed E-state index contributed by atoms with van der Waals surface area (Å²) in [5.74, 6) is 1.16. The highest BCUT2D eigenvalue weighted by molar-refractivity contribution is 5.97. The number of methoxy groups -OCH3 is 1. The van der Waals surface area contributed by atoms with Gasteiger partial charge in [-0.3, -0.25) is 4.79 Å². The zero-order valence-corrected chi connectivity index (χ0v) is 15.2. The maximum atomic E-state index is 12.6. The van der Waals surface area contributed by atoms with Crippen molar-refractivity contribution in [3.05, 3.63) is 23.3 Å². The summed E-state index contributed by atoms with van der Waals surface area (Å²) in [5, 5.41) is 3.01. The second-order valence-corrected chi connectivity index (χ2v) is 6.82. The Hall–Kier alpha value is -1.55. The molecular weight excluding hydrogens is 290 g/mol. The van der Waals surface area contributed by atoms with Crippen molar-refractivity contribution in [3.63, 3.8) is 0 Å². The van der Waals surface area contributed by atoms with E-state index in [-0.39, 0.29) is 12.0 Å². The van der Waals surface area contributed by atoms with Gasteiger partial charge in [-0.2, -0.15) is 0 Å². The van der Waals surface area contributed by atoms with E-state index >= 15 is 0 Å². The number of ether oxygens (including phenoxy) is 2. The van der Waals surface area contributed by atoms with E-state index in [1.54, 1.807) is 7.11 Å². The lowest BCUT2D eigenvalue weighted by Gasteiger charge is -2.27.